The van der Waals surface area contributed by atoms with Crippen molar-refractivity contribution in [2.75, 3.05) is 56.6 Å². The summed E-state index contributed by atoms with van der Waals surface area (Å²) in [6.07, 6.45) is 10.3. The molecule has 1 fully saturated rings. The summed E-state index contributed by atoms with van der Waals surface area (Å²) in [6, 6.07) is 3.72. The number of carbonyl (C=O) groups excluding carboxylic acids is 1. The van der Waals surface area contributed by atoms with Crippen molar-refractivity contribution >= 4 is 17.7 Å². The molecule has 1 saturated heterocycles. The van der Waals surface area contributed by atoms with Gasteiger partial charge in [0.2, 0.25) is 11.9 Å². The molecule has 2 aliphatic rings. The number of ether oxygens (including phenoxy) is 1. The van der Waals surface area contributed by atoms with Gasteiger partial charge >= 0.3 is 0 Å². The molecular formula is C26H40N8O2. The summed E-state index contributed by atoms with van der Waals surface area (Å²) in [5.74, 6) is 1.35. The maximum atomic E-state index is 12.2. The lowest BCUT2D eigenvalue weighted by Gasteiger charge is -2.26. The summed E-state index contributed by atoms with van der Waals surface area (Å²) in [7, 11) is 0. The zero-order valence-electron chi connectivity index (χ0n) is 21.2. The van der Waals surface area contributed by atoms with Gasteiger partial charge in [0.25, 0.3) is 0 Å². The number of nitrogens with zero attached hydrogens (tertiary/aromatic N) is 4. The number of pyridine rings is 1. The van der Waals surface area contributed by atoms with Gasteiger partial charge in [0, 0.05) is 51.7 Å². The van der Waals surface area contributed by atoms with E-state index in [4.69, 9.17) is 20.4 Å². The number of morpholine rings is 1. The Hall–Kier alpha value is -2.82. The van der Waals surface area contributed by atoms with E-state index in [1.807, 2.05) is 18.5 Å². The Morgan fingerprint density at radius 3 is 2.44 bits per heavy atom. The van der Waals surface area contributed by atoms with E-state index >= 15 is 0 Å². The van der Waals surface area contributed by atoms with Crippen molar-refractivity contribution in [3.63, 3.8) is 0 Å². The largest absolute Gasteiger partial charge is 0.379 e. The standard InChI is InChI=1S/C26H40N8O2/c27-22-7-3-6-10-28-24-21(23-9-8-20(17-31-23)19-34-13-15-36-16-14-34)18-32-26(33-24)30-12-5-2-1-4-11-29-25(22)35/h8-9,17-18,22H,1-7,10-16,19,27H2,(H,29,35)(H2,28,30,32,33)/t22-/m1/s1. The number of aromatic nitrogens is 3. The van der Waals surface area contributed by atoms with Crippen LogP contribution in [0.5, 0.6) is 0 Å². The summed E-state index contributed by atoms with van der Waals surface area (Å²) in [5, 5.41) is 9.78. The van der Waals surface area contributed by atoms with Crippen LogP contribution >= 0.6 is 0 Å². The molecule has 2 aromatic rings. The van der Waals surface area contributed by atoms with Crippen LogP contribution in [0.4, 0.5) is 11.8 Å². The van der Waals surface area contributed by atoms with Gasteiger partial charge < -0.3 is 26.4 Å². The second kappa shape index (κ2) is 14.1. The number of fused-ring (bicyclic) bond motifs is 2. The predicted octanol–water partition coefficient (Wildman–Crippen LogP) is 2.38. The van der Waals surface area contributed by atoms with Crippen LogP contribution in [0.15, 0.2) is 24.5 Å². The number of nitrogens with one attached hydrogen (secondary N) is 3. The van der Waals surface area contributed by atoms with Gasteiger partial charge in [0.1, 0.15) is 5.82 Å². The average Bonchev–Trinajstić information content (AvgIpc) is 2.90. The molecule has 0 unspecified atom stereocenters. The number of hydrogen-bond donors (Lipinski definition) is 4. The number of anilines is 2. The Morgan fingerprint density at radius 1 is 0.917 bits per heavy atom. The van der Waals surface area contributed by atoms with E-state index in [-0.39, 0.29) is 5.91 Å². The number of nitrogens with two attached hydrogens (primary N) is 1. The smallest absolute Gasteiger partial charge is 0.236 e. The third kappa shape index (κ3) is 8.11. The van der Waals surface area contributed by atoms with Gasteiger partial charge in [-0.15, -0.1) is 0 Å². The highest BCUT2D eigenvalue weighted by atomic mass is 16.5. The first kappa shape index (κ1) is 26.2. The van der Waals surface area contributed by atoms with Gasteiger partial charge in [-0.3, -0.25) is 14.7 Å². The third-order valence-electron chi connectivity index (χ3n) is 6.66. The molecule has 2 aromatic heterocycles. The maximum absolute atomic E-state index is 12.2. The topological polar surface area (TPSA) is 130 Å². The first-order chi connectivity index (χ1) is 17.7. The van der Waals surface area contributed by atoms with Crippen molar-refractivity contribution in [1.82, 2.24) is 25.2 Å². The average molecular weight is 497 g/mol. The van der Waals surface area contributed by atoms with E-state index in [0.717, 1.165) is 102 Å². The Kier molecular flexibility index (Phi) is 10.2. The van der Waals surface area contributed by atoms with E-state index in [2.05, 4.69) is 31.9 Å². The van der Waals surface area contributed by atoms with Crippen LogP contribution in [0.2, 0.25) is 0 Å². The lowest BCUT2D eigenvalue weighted by atomic mass is 10.1. The van der Waals surface area contributed by atoms with Crippen molar-refractivity contribution in [2.24, 2.45) is 5.73 Å². The molecule has 0 aromatic carbocycles. The van der Waals surface area contributed by atoms with E-state index in [1.165, 1.54) is 5.56 Å². The number of hydrogen-bond acceptors (Lipinski definition) is 9. The highest BCUT2D eigenvalue weighted by Gasteiger charge is 2.15. The van der Waals surface area contributed by atoms with E-state index in [1.54, 1.807) is 0 Å². The fraction of sp³-hybridized carbons (Fsp3) is 0.615. The molecule has 2 bridgehead atoms. The normalized spacial score (nSPS) is 21.4. The molecule has 1 amide bonds. The quantitative estimate of drug-likeness (QED) is 0.506. The van der Waals surface area contributed by atoms with Crippen LogP contribution in [-0.2, 0) is 16.1 Å². The fourth-order valence-corrected chi connectivity index (χ4v) is 4.46. The predicted molar refractivity (Wildman–Crippen MR) is 142 cm³/mol. The monoisotopic (exact) mass is 496 g/mol. The van der Waals surface area contributed by atoms with Gasteiger partial charge in [0.05, 0.1) is 30.5 Å². The molecule has 4 heterocycles. The van der Waals surface area contributed by atoms with Crippen molar-refractivity contribution in [1.29, 1.82) is 0 Å². The van der Waals surface area contributed by atoms with E-state index < -0.39 is 6.04 Å². The summed E-state index contributed by atoms with van der Waals surface area (Å²) in [4.78, 5) is 28.6. The Balaban J connectivity index is 1.43. The second-order valence-corrected chi connectivity index (χ2v) is 9.56. The summed E-state index contributed by atoms with van der Waals surface area (Å²) in [5.41, 5.74) is 8.98. The lowest BCUT2D eigenvalue weighted by molar-refractivity contribution is -0.122. The molecule has 0 saturated carbocycles. The number of carbonyl (C=O) groups is 1. The first-order valence-corrected chi connectivity index (χ1v) is 13.3. The second-order valence-electron chi connectivity index (χ2n) is 9.56. The molecule has 10 nitrogen and oxygen atoms in total. The van der Waals surface area contributed by atoms with Crippen molar-refractivity contribution in [3.05, 3.63) is 30.1 Å². The molecule has 36 heavy (non-hydrogen) atoms. The zero-order valence-corrected chi connectivity index (χ0v) is 21.2. The van der Waals surface area contributed by atoms with Gasteiger partial charge in [-0.25, -0.2) is 4.98 Å². The Morgan fingerprint density at radius 2 is 1.67 bits per heavy atom. The van der Waals surface area contributed by atoms with Crippen LogP contribution < -0.4 is 21.7 Å². The van der Waals surface area contributed by atoms with Crippen molar-refractivity contribution < 1.29 is 9.53 Å². The van der Waals surface area contributed by atoms with Crippen LogP contribution in [0.1, 0.15) is 50.5 Å². The third-order valence-corrected chi connectivity index (χ3v) is 6.66. The summed E-state index contributed by atoms with van der Waals surface area (Å²) < 4.78 is 5.44. The molecule has 196 valence electrons. The Bertz CT molecular complexity index is 949. The molecular weight excluding hydrogens is 456 g/mol. The SMILES string of the molecule is N[C@@H]1CCCCNc2nc(ncc2-c2ccc(CN3CCOCC3)cn2)NCCCCCCNC1=O. The highest BCUT2D eigenvalue weighted by Crippen LogP contribution is 2.26. The van der Waals surface area contributed by atoms with Gasteiger partial charge in [-0.1, -0.05) is 18.9 Å². The Labute approximate surface area is 213 Å². The minimum absolute atomic E-state index is 0.0448. The van der Waals surface area contributed by atoms with Crippen LogP contribution in [0, 0.1) is 0 Å². The van der Waals surface area contributed by atoms with Crippen LogP contribution in [-0.4, -0.2) is 77.7 Å². The van der Waals surface area contributed by atoms with E-state index in [0.29, 0.717) is 18.9 Å². The van der Waals surface area contributed by atoms with Gasteiger partial charge in [-0.05, 0) is 43.7 Å². The number of amides is 1. The summed E-state index contributed by atoms with van der Waals surface area (Å²) in [6.45, 7) is 6.59. The zero-order chi connectivity index (χ0) is 25.0. The molecule has 1 atom stereocenters. The summed E-state index contributed by atoms with van der Waals surface area (Å²) >= 11 is 0. The molecule has 5 N–H and O–H groups in total. The van der Waals surface area contributed by atoms with Gasteiger partial charge in [-0.2, -0.15) is 4.98 Å². The molecule has 10 heteroatoms. The molecule has 0 spiro atoms. The number of rotatable bonds is 3. The van der Waals surface area contributed by atoms with E-state index in [9.17, 15) is 4.79 Å². The fourth-order valence-electron chi connectivity index (χ4n) is 4.46. The maximum Gasteiger partial charge on any atom is 0.236 e. The van der Waals surface area contributed by atoms with Crippen molar-refractivity contribution in [2.45, 2.75) is 57.5 Å². The molecule has 2 aliphatic heterocycles. The van der Waals surface area contributed by atoms with Crippen LogP contribution in [0.25, 0.3) is 11.3 Å². The first-order valence-electron chi connectivity index (χ1n) is 13.3. The van der Waals surface area contributed by atoms with Crippen LogP contribution in [0.3, 0.4) is 0 Å². The van der Waals surface area contributed by atoms with Crippen molar-refractivity contribution in [3.8, 4) is 11.3 Å². The minimum atomic E-state index is -0.450. The molecule has 0 aliphatic carbocycles. The lowest BCUT2D eigenvalue weighted by Crippen LogP contribution is -2.40. The molecule has 4 rings (SSSR count). The highest BCUT2D eigenvalue weighted by molar-refractivity contribution is 5.81. The van der Waals surface area contributed by atoms with Gasteiger partial charge in [0.15, 0.2) is 0 Å². The molecule has 0 radical (unpaired) electrons. The minimum Gasteiger partial charge on any atom is -0.379 e.